The van der Waals surface area contributed by atoms with Crippen LogP contribution in [0.3, 0.4) is 0 Å². The molecule has 4 aromatic rings. The highest BCUT2D eigenvalue weighted by molar-refractivity contribution is 7.19. The SMILES string of the molecule is C=C1CCC(N2C(=O)c3ccc(N4CCC(N5CCN(c6nc(C)c(-c7cnc8c(c7)OC(c7cc(F)ccc7N/N=C\C=N)N8)s6)CC5)CC4)cc3C2=O)C(=O)N1. The number of amides is 3. The summed E-state index contributed by atoms with van der Waals surface area (Å²) in [6.45, 7) is 11.1. The molecule has 3 fully saturated rings. The molecule has 5 aliphatic rings. The minimum atomic E-state index is -0.822. The molecule has 0 bridgehead atoms. The van der Waals surface area contributed by atoms with Gasteiger partial charge >= 0.3 is 0 Å². The van der Waals surface area contributed by atoms with Crippen LogP contribution in [0.4, 0.5) is 26.7 Å². The highest BCUT2D eigenvalue weighted by Gasteiger charge is 2.44. The molecular weight excluding hydrogens is 762 g/mol. The van der Waals surface area contributed by atoms with Crippen molar-refractivity contribution in [3.63, 3.8) is 0 Å². The Hall–Kier alpha value is -6.20. The van der Waals surface area contributed by atoms with Crippen LogP contribution in [0.25, 0.3) is 10.4 Å². The number of benzene rings is 2. The lowest BCUT2D eigenvalue weighted by Crippen LogP contribution is -2.53. The summed E-state index contributed by atoms with van der Waals surface area (Å²) < 4.78 is 20.5. The van der Waals surface area contributed by atoms with E-state index >= 15 is 0 Å². The third-order valence-corrected chi connectivity index (χ3v) is 12.8. The van der Waals surface area contributed by atoms with Crippen molar-refractivity contribution in [1.82, 2.24) is 25.1 Å². The monoisotopic (exact) mass is 803 g/mol. The Kier molecular flexibility index (Phi) is 9.85. The van der Waals surface area contributed by atoms with Gasteiger partial charge in [0, 0.05) is 80.2 Å². The van der Waals surface area contributed by atoms with Crippen LogP contribution in [0, 0.1) is 18.2 Å². The van der Waals surface area contributed by atoms with Crippen molar-refractivity contribution in [2.75, 3.05) is 59.8 Å². The van der Waals surface area contributed by atoms with E-state index in [-0.39, 0.29) is 5.91 Å². The van der Waals surface area contributed by atoms with Gasteiger partial charge in [-0.25, -0.2) is 14.4 Å². The molecule has 0 spiro atoms. The number of hydrazone groups is 1. The number of hydrogen-bond donors (Lipinski definition) is 4. The fraction of sp³-hybridized carbons (Fsp3) is 0.341. The van der Waals surface area contributed by atoms with Gasteiger partial charge in [0.05, 0.1) is 33.6 Å². The van der Waals surface area contributed by atoms with Crippen LogP contribution in [0.15, 0.2) is 66.0 Å². The lowest BCUT2D eigenvalue weighted by Gasteiger charge is -2.43. The lowest BCUT2D eigenvalue weighted by molar-refractivity contribution is -0.125. The van der Waals surface area contributed by atoms with Gasteiger partial charge in [-0.15, -0.1) is 0 Å². The van der Waals surface area contributed by atoms with Gasteiger partial charge in [0.1, 0.15) is 11.9 Å². The third kappa shape index (κ3) is 6.93. The molecule has 17 heteroatoms. The van der Waals surface area contributed by atoms with Crippen LogP contribution in [-0.4, -0.2) is 101 Å². The summed E-state index contributed by atoms with van der Waals surface area (Å²) in [5.41, 5.74) is 7.93. The molecule has 15 nitrogen and oxygen atoms in total. The van der Waals surface area contributed by atoms with E-state index in [1.54, 1.807) is 29.7 Å². The number of anilines is 4. The summed E-state index contributed by atoms with van der Waals surface area (Å²) in [6.07, 6.45) is 6.33. The molecule has 298 valence electrons. The molecule has 2 unspecified atom stereocenters. The summed E-state index contributed by atoms with van der Waals surface area (Å²) in [4.78, 5) is 58.2. The topological polar surface area (TPSA) is 171 Å². The van der Waals surface area contributed by atoms with Gasteiger partial charge in [0.25, 0.3) is 11.8 Å². The molecule has 0 aliphatic carbocycles. The average Bonchev–Trinajstić information content (AvgIpc) is 3.91. The van der Waals surface area contributed by atoms with E-state index in [0.29, 0.717) is 58.5 Å². The largest absolute Gasteiger partial charge is 0.462 e. The molecule has 2 aromatic heterocycles. The summed E-state index contributed by atoms with van der Waals surface area (Å²) in [6, 6.07) is 11.3. The molecule has 3 amide bonds. The summed E-state index contributed by atoms with van der Waals surface area (Å²) >= 11 is 1.64. The first-order chi connectivity index (χ1) is 28.1. The number of aromatic nitrogens is 2. The normalized spacial score (nSPS) is 21.2. The molecule has 4 N–H and O–H groups in total. The Morgan fingerprint density at radius 3 is 2.57 bits per heavy atom. The fourth-order valence-electron chi connectivity index (χ4n) is 8.47. The Morgan fingerprint density at radius 2 is 1.79 bits per heavy atom. The number of fused-ring (bicyclic) bond motifs is 2. The Labute approximate surface area is 338 Å². The van der Waals surface area contributed by atoms with Gasteiger partial charge in [-0.1, -0.05) is 17.9 Å². The van der Waals surface area contributed by atoms with Crippen molar-refractivity contribution in [2.45, 2.75) is 50.9 Å². The number of piperidine rings is 2. The molecule has 58 heavy (non-hydrogen) atoms. The minimum absolute atomic E-state index is 0.350. The summed E-state index contributed by atoms with van der Waals surface area (Å²) in [5, 5.41) is 18.0. The second kappa shape index (κ2) is 15.3. The molecular formula is C41H42FN11O4S. The number of piperazine rings is 1. The molecule has 9 rings (SSSR count). The van der Waals surface area contributed by atoms with Crippen molar-refractivity contribution in [3.8, 4) is 16.2 Å². The van der Waals surface area contributed by atoms with Gasteiger partial charge < -0.3 is 30.6 Å². The fourth-order valence-corrected chi connectivity index (χ4v) is 9.57. The number of ether oxygens (including phenoxy) is 1. The molecule has 3 saturated heterocycles. The quantitative estimate of drug-likeness (QED) is 0.0973. The molecule has 7 heterocycles. The summed E-state index contributed by atoms with van der Waals surface area (Å²) in [7, 11) is 0. The number of imide groups is 1. The number of nitrogens with one attached hydrogen (secondary N) is 4. The van der Waals surface area contributed by atoms with Crippen molar-refractivity contribution < 1.29 is 23.5 Å². The van der Waals surface area contributed by atoms with Crippen molar-refractivity contribution in [2.24, 2.45) is 5.10 Å². The average molecular weight is 804 g/mol. The molecule has 2 atom stereocenters. The number of rotatable bonds is 9. The lowest BCUT2D eigenvalue weighted by atomic mass is 10.0. The van der Waals surface area contributed by atoms with Gasteiger partial charge in [0.15, 0.2) is 22.9 Å². The Morgan fingerprint density at radius 1 is 1.00 bits per heavy atom. The number of nitrogens with zero attached hydrogens (tertiary/aromatic N) is 7. The zero-order chi connectivity index (χ0) is 40.1. The number of pyridine rings is 1. The van der Waals surface area contributed by atoms with Crippen molar-refractivity contribution >= 4 is 63.8 Å². The highest BCUT2D eigenvalue weighted by Crippen LogP contribution is 2.43. The molecule has 5 aliphatic heterocycles. The summed E-state index contributed by atoms with van der Waals surface area (Å²) in [5.74, 6) is -0.491. The predicted molar refractivity (Wildman–Crippen MR) is 221 cm³/mol. The number of aryl methyl sites for hydroxylation is 1. The number of carbonyl (C=O) groups is 3. The first-order valence-corrected chi connectivity index (χ1v) is 20.2. The van der Waals surface area contributed by atoms with Crippen LogP contribution >= 0.6 is 11.3 Å². The maximum atomic E-state index is 14.3. The first kappa shape index (κ1) is 37.4. The molecule has 2 aromatic carbocycles. The maximum absolute atomic E-state index is 14.3. The Balaban J connectivity index is 0.796. The van der Waals surface area contributed by atoms with E-state index in [2.05, 4.69) is 47.4 Å². The molecule has 0 saturated carbocycles. The van der Waals surface area contributed by atoms with E-state index in [0.717, 1.165) is 90.2 Å². The van der Waals surface area contributed by atoms with Crippen LogP contribution in [0.5, 0.6) is 5.75 Å². The minimum Gasteiger partial charge on any atom is -0.462 e. The van der Waals surface area contributed by atoms with Gasteiger partial charge in [-0.2, -0.15) is 5.10 Å². The zero-order valence-corrected chi connectivity index (χ0v) is 32.6. The number of allylic oxidation sites excluding steroid dienone is 1. The second-order valence-electron chi connectivity index (χ2n) is 15.0. The van der Waals surface area contributed by atoms with Crippen LogP contribution in [0.2, 0.25) is 0 Å². The molecule has 0 radical (unpaired) electrons. The van der Waals surface area contributed by atoms with E-state index < -0.39 is 29.9 Å². The zero-order valence-electron chi connectivity index (χ0n) is 31.8. The van der Waals surface area contributed by atoms with E-state index in [1.165, 1.54) is 18.3 Å². The van der Waals surface area contributed by atoms with E-state index in [9.17, 15) is 18.8 Å². The van der Waals surface area contributed by atoms with Crippen LogP contribution in [0.1, 0.15) is 63.9 Å². The number of carbonyl (C=O) groups excluding carboxylic acids is 3. The van der Waals surface area contributed by atoms with Crippen molar-refractivity contribution in [3.05, 3.63) is 89.1 Å². The van der Waals surface area contributed by atoms with Gasteiger partial charge in [-0.05, 0) is 75.1 Å². The number of thiazole rings is 1. The second-order valence-corrected chi connectivity index (χ2v) is 16.0. The van der Waals surface area contributed by atoms with E-state index in [4.69, 9.17) is 15.1 Å². The predicted octanol–water partition coefficient (Wildman–Crippen LogP) is 5.38. The highest BCUT2D eigenvalue weighted by atomic mass is 32.1. The Bertz CT molecular complexity index is 2370. The van der Waals surface area contributed by atoms with E-state index in [1.807, 2.05) is 25.1 Å². The standard InChI is InChI=1S/C41H42FN11O4S/c1-23-3-8-33(37(54)46-23)53-39(55)29-6-5-28(21-30(29)40(53)56)50-13-9-27(10-14-50)51-15-17-52(18-16-51)41-47-24(2)35(58-41)25-19-34-36(44-22-25)48-38(57-34)31-20-26(42)4-7-32(31)49-45-12-11-43/h4-7,11-12,19-22,27,33,38,43,49H,1,3,8-10,13-18H2,2H3,(H,44,48)(H,46,54)/b43-11?,45-12-. The van der Waals surface area contributed by atoms with Crippen LogP contribution in [-0.2, 0) is 4.79 Å². The smallest absolute Gasteiger partial charge is 0.262 e. The number of halogens is 1. The first-order valence-electron chi connectivity index (χ1n) is 19.4. The number of hydrogen-bond acceptors (Lipinski definition) is 14. The van der Waals surface area contributed by atoms with Gasteiger partial charge in [-0.3, -0.25) is 29.6 Å². The van der Waals surface area contributed by atoms with Crippen molar-refractivity contribution in [1.29, 1.82) is 5.41 Å². The van der Waals surface area contributed by atoms with Gasteiger partial charge in [0.2, 0.25) is 5.91 Å². The third-order valence-electron chi connectivity index (χ3n) is 11.5. The van der Waals surface area contributed by atoms with Crippen LogP contribution < -0.4 is 30.6 Å². The maximum Gasteiger partial charge on any atom is 0.262 e.